The van der Waals surface area contributed by atoms with Gasteiger partial charge in [-0.25, -0.2) is 4.79 Å². The fraction of sp³-hybridized carbons (Fsp3) is 0.938. The first-order valence-electron chi connectivity index (χ1n) is 8.33. The highest BCUT2D eigenvalue weighted by Gasteiger charge is 2.37. The largest absolute Gasteiger partial charge is 0.506 e. The van der Waals surface area contributed by atoms with Gasteiger partial charge in [0.2, 0.25) is 0 Å². The summed E-state index contributed by atoms with van der Waals surface area (Å²) in [4.78, 5) is 10.9. The van der Waals surface area contributed by atoms with Crippen molar-refractivity contribution < 1.29 is 24.1 Å². The van der Waals surface area contributed by atoms with Gasteiger partial charge >= 0.3 is 6.16 Å². The van der Waals surface area contributed by atoms with E-state index in [1.54, 1.807) is 0 Å². The molecule has 0 aromatic heterocycles. The molecule has 0 bridgehead atoms. The van der Waals surface area contributed by atoms with Crippen LogP contribution in [0.25, 0.3) is 0 Å². The molecule has 3 atom stereocenters. The second-order valence-electron chi connectivity index (χ2n) is 6.21. The van der Waals surface area contributed by atoms with Crippen LogP contribution < -0.4 is 0 Å². The molecule has 2 fully saturated rings. The summed E-state index contributed by atoms with van der Waals surface area (Å²) in [6.07, 6.45) is 6.77. The maximum atomic E-state index is 10.9. The zero-order valence-electron chi connectivity index (χ0n) is 13.0. The van der Waals surface area contributed by atoms with Crippen LogP contribution >= 0.6 is 0 Å². The number of rotatable bonds is 6. The molecule has 1 aliphatic heterocycles. The number of carboxylic acid groups (broad SMARTS) is 1. The lowest BCUT2D eigenvalue weighted by molar-refractivity contribution is -0.215. The Kier molecular flexibility index (Phi) is 6.77. The monoisotopic (exact) mass is 300 g/mol. The smallest absolute Gasteiger partial charge is 0.450 e. The first-order valence-corrected chi connectivity index (χ1v) is 8.33. The fourth-order valence-electron chi connectivity index (χ4n) is 3.54. The minimum Gasteiger partial charge on any atom is -0.450 e. The third-order valence-electron chi connectivity index (χ3n) is 4.62. The van der Waals surface area contributed by atoms with Gasteiger partial charge in [0, 0.05) is 5.92 Å². The molecule has 21 heavy (non-hydrogen) atoms. The van der Waals surface area contributed by atoms with E-state index < -0.39 is 6.16 Å². The van der Waals surface area contributed by atoms with Crippen LogP contribution in [0.15, 0.2) is 0 Å². The van der Waals surface area contributed by atoms with E-state index in [0.717, 1.165) is 51.7 Å². The molecule has 0 spiro atoms. The van der Waals surface area contributed by atoms with Gasteiger partial charge in [-0.05, 0) is 38.0 Å². The Labute approximate surface area is 126 Å². The molecule has 5 nitrogen and oxygen atoms in total. The van der Waals surface area contributed by atoms with E-state index in [2.05, 4.69) is 6.92 Å². The summed E-state index contributed by atoms with van der Waals surface area (Å²) in [5, 5.41) is 8.90. The summed E-state index contributed by atoms with van der Waals surface area (Å²) in [6, 6.07) is 0. The van der Waals surface area contributed by atoms with Gasteiger partial charge in [0.1, 0.15) is 6.10 Å². The lowest BCUT2D eigenvalue weighted by Gasteiger charge is -2.39. The maximum absolute atomic E-state index is 10.9. The van der Waals surface area contributed by atoms with Crippen molar-refractivity contribution in [2.24, 2.45) is 11.8 Å². The van der Waals surface area contributed by atoms with E-state index in [1.807, 2.05) is 0 Å². The Morgan fingerprint density at radius 1 is 1.24 bits per heavy atom. The van der Waals surface area contributed by atoms with Gasteiger partial charge in [-0.1, -0.05) is 26.2 Å². The first-order chi connectivity index (χ1) is 10.2. The Balaban J connectivity index is 1.89. The molecular weight excluding hydrogens is 272 g/mol. The number of hydrogen-bond donors (Lipinski definition) is 1. The molecule has 1 aliphatic carbocycles. The fourth-order valence-corrected chi connectivity index (χ4v) is 3.54. The molecule has 122 valence electrons. The van der Waals surface area contributed by atoms with Gasteiger partial charge in [0.15, 0.2) is 6.29 Å². The predicted octanol–water partition coefficient (Wildman–Crippen LogP) is 3.81. The average Bonchev–Trinajstić information content (AvgIpc) is 2.49. The number of hydrogen-bond acceptors (Lipinski definition) is 4. The van der Waals surface area contributed by atoms with Crippen molar-refractivity contribution in [3.63, 3.8) is 0 Å². The third kappa shape index (κ3) is 5.15. The molecular formula is C16H28O5. The molecule has 1 saturated carbocycles. The molecule has 1 unspecified atom stereocenters. The van der Waals surface area contributed by atoms with Gasteiger partial charge in [-0.3, -0.25) is 0 Å². The van der Waals surface area contributed by atoms with Gasteiger partial charge in [-0.15, -0.1) is 0 Å². The summed E-state index contributed by atoms with van der Waals surface area (Å²) in [5.41, 5.74) is 0. The molecule has 5 heteroatoms. The number of ether oxygens (including phenoxy) is 3. The Hall–Kier alpha value is -0.810. The minimum absolute atomic E-state index is 0.0989. The second-order valence-corrected chi connectivity index (χ2v) is 6.21. The van der Waals surface area contributed by atoms with Gasteiger partial charge in [-0.2, -0.15) is 0 Å². The highest BCUT2D eigenvalue weighted by molar-refractivity contribution is 5.57. The van der Waals surface area contributed by atoms with Crippen molar-refractivity contribution in [3.05, 3.63) is 0 Å². The van der Waals surface area contributed by atoms with Crippen molar-refractivity contribution in [1.82, 2.24) is 0 Å². The zero-order valence-corrected chi connectivity index (χ0v) is 13.0. The van der Waals surface area contributed by atoms with Crippen LogP contribution in [-0.4, -0.2) is 36.9 Å². The standard InChI is InChI=1S/C16H28O5/c1-2-3-4-6-12-11-13(15-19-9-5-10-20-15)7-8-14(12)21-16(17)18/h12-15H,2-11H2,1H3,(H,17,18)/t12?,13-,14-/m0/s1. The summed E-state index contributed by atoms with van der Waals surface area (Å²) in [5.74, 6) is 0.686. The lowest BCUT2D eigenvalue weighted by Crippen LogP contribution is -2.40. The summed E-state index contributed by atoms with van der Waals surface area (Å²) in [7, 11) is 0. The number of carbonyl (C=O) groups is 1. The molecule has 0 aromatic rings. The number of unbranched alkanes of at least 4 members (excludes halogenated alkanes) is 2. The van der Waals surface area contributed by atoms with Crippen molar-refractivity contribution in [2.75, 3.05) is 13.2 Å². The molecule has 1 heterocycles. The van der Waals surface area contributed by atoms with E-state index in [1.165, 1.54) is 12.8 Å². The molecule has 0 radical (unpaired) electrons. The molecule has 2 aliphatic rings. The van der Waals surface area contributed by atoms with Crippen LogP contribution in [0.3, 0.4) is 0 Å². The van der Waals surface area contributed by atoms with E-state index in [-0.39, 0.29) is 12.4 Å². The summed E-state index contributed by atoms with van der Waals surface area (Å²) < 4.78 is 16.6. The Morgan fingerprint density at radius 2 is 2.00 bits per heavy atom. The van der Waals surface area contributed by atoms with Crippen molar-refractivity contribution >= 4 is 6.16 Å². The van der Waals surface area contributed by atoms with Crippen LogP contribution in [0.1, 0.15) is 58.3 Å². The van der Waals surface area contributed by atoms with Crippen molar-refractivity contribution in [1.29, 1.82) is 0 Å². The Bertz CT molecular complexity index is 314. The normalized spacial score (nSPS) is 31.0. The van der Waals surface area contributed by atoms with Gasteiger partial charge < -0.3 is 19.3 Å². The highest BCUT2D eigenvalue weighted by atomic mass is 16.7. The van der Waals surface area contributed by atoms with Gasteiger partial charge in [0.05, 0.1) is 13.2 Å². The second kappa shape index (κ2) is 8.59. The molecule has 2 rings (SSSR count). The van der Waals surface area contributed by atoms with Crippen LogP contribution in [-0.2, 0) is 14.2 Å². The topological polar surface area (TPSA) is 65.0 Å². The van der Waals surface area contributed by atoms with Crippen LogP contribution in [0, 0.1) is 11.8 Å². The molecule has 1 saturated heterocycles. The third-order valence-corrected chi connectivity index (χ3v) is 4.62. The van der Waals surface area contributed by atoms with Crippen LogP contribution in [0.4, 0.5) is 4.79 Å². The average molecular weight is 300 g/mol. The van der Waals surface area contributed by atoms with Gasteiger partial charge in [0.25, 0.3) is 0 Å². The van der Waals surface area contributed by atoms with Crippen molar-refractivity contribution in [3.8, 4) is 0 Å². The van der Waals surface area contributed by atoms with E-state index in [9.17, 15) is 4.79 Å². The first kappa shape index (κ1) is 16.6. The molecule has 0 aromatic carbocycles. The lowest BCUT2D eigenvalue weighted by atomic mass is 9.76. The van der Waals surface area contributed by atoms with Crippen molar-refractivity contribution in [2.45, 2.75) is 70.7 Å². The maximum Gasteiger partial charge on any atom is 0.506 e. The van der Waals surface area contributed by atoms with E-state index in [4.69, 9.17) is 19.3 Å². The highest BCUT2D eigenvalue weighted by Crippen LogP contribution is 2.37. The minimum atomic E-state index is -1.15. The summed E-state index contributed by atoms with van der Waals surface area (Å²) in [6.45, 7) is 3.73. The van der Waals surface area contributed by atoms with E-state index in [0.29, 0.717) is 11.8 Å². The quantitative estimate of drug-likeness (QED) is 0.597. The van der Waals surface area contributed by atoms with E-state index >= 15 is 0 Å². The molecule has 0 amide bonds. The molecule has 1 N–H and O–H groups in total. The Morgan fingerprint density at radius 3 is 2.67 bits per heavy atom. The summed E-state index contributed by atoms with van der Waals surface area (Å²) >= 11 is 0. The predicted molar refractivity (Wildman–Crippen MR) is 78.2 cm³/mol. The SMILES string of the molecule is CCCCCC1C[C@@H](C2OCCCO2)CC[C@@H]1OC(=O)O. The van der Waals surface area contributed by atoms with Crippen LogP contribution in [0.5, 0.6) is 0 Å². The zero-order chi connectivity index (χ0) is 15.1. The van der Waals surface area contributed by atoms with Crippen LogP contribution in [0.2, 0.25) is 0 Å².